The van der Waals surface area contributed by atoms with Crippen molar-refractivity contribution < 1.29 is 14.3 Å². The number of nitrogens with zero attached hydrogens (tertiary/aromatic N) is 2. The SMILES string of the molecule is CCOC(=O)C(C)(C)Cc1c(SC(C)(C)C)c2cc(OCc3ccc(C)cn3)ccc2n1Cc1ccc(Br)cc1. The summed E-state index contributed by atoms with van der Waals surface area (Å²) in [5.41, 5.74) is 4.76. The fraction of sp³-hybridized carbons (Fsp3) is 0.394. The summed E-state index contributed by atoms with van der Waals surface area (Å²) < 4.78 is 15.1. The smallest absolute Gasteiger partial charge is 0.311 e. The van der Waals surface area contributed by atoms with Crippen LogP contribution in [0.1, 0.15) is 64.1 Å². The molecule has 2 aromatic carbocycles. The molecule has 7 heteroatoms. The molecule has 0 saturated heterocycles. The van der Waals surface area contributed by atoms with Crippen LogP contribution in [0.5, 0.6) is 5.75 Å². The van der Waals surface area contributed by atoms with Gasteiger partial charge in [0, 0.05) is 49.9 Å². The first-order valence-corrected chi connectivity index (χ1v) is 15.3. The second kappa shape index (κ2) is 12.4. The highest BCUT2D eigenvalue weighted by molar-refractivity contribution is 9.10. The Morgan fingerprint density at radius 2 is 1.75 bits per heavy atom. The van der Waals surface area contributed by atoms with Crippen LogP contribution < -0.4 is 4.74 Å². The fourth-order valence-electron chi connectivity index (χ4n) is 4.55. The second-order valence-corrected chi connectivity index (χ2v) is 14.5. The number of hydrogen-bond acceptors (Lipinski definition) is 5. The van der Waals surface area contributed by atoms with Gasteiger partial charge in [0.05, 0.1) is 17.7 Å². The number of fused-ring (bicyclic) bond motifs is 1. The molecule has 4 rings (SSSR count). The van der Waals surface area contributed by atoms with Crippen LogP contribution >= 0.6 is 27.7 Å². The van der Waals surface area contributed by atoms with Crippen LogP contribution in [-0.4, -0.2) is 26.9 Å². The zero-order valence-corrected chi connectivity index (χ0v) is 26.9. The van der Waals surface area contributed by atoms with Gasteiger partial charge in [-0.2, -0.15) is 0 Å². The van der Waals surface area contributed by atoms with Gasteiger partial charge in [0.1, 0.15) is 12.4 Å². The number of esters is 1. The number of benzene rings is 2. The van der Waals surface area contributed by atoms with Gasteiger partial charge in [0.25, 0.3) is 0 Å². The summed E-state index contributed by atoms with van der Waals surface area (Å²) >= 11 is 5.39. The molecule has 0 aliphatic rings. The summed E-state index contributed by atoms with van der Waals surface area (Å²) in [7, 11) is 0. The van der Waals surface area contributed by atoms with Crippen molar-refractivity contribution in [3.63, 3.8) is 0 Å². The standard InChI is InChI=1S/C33H39BrN2O3S/c1-8-38-31(37)33(6,7)18-29-30(40-32(3,4)5)27-17-26(39-21-25-14-9-22(2)19-35-25)15-16-28(27)36(29)20-23-10-12-24(34)13-11-23/h9-17,19H,8,18,20-21H2,1-7H3. The number of thioether (sulfide) groups is 1. The largest absolute Gasteiger partial charge is 0.487 e. The number of aromatic nitrogens is 2. The monoisotopic (exact) mass is 622 g/mol. The lowest BCUT2D eigenvalue weighted by Crippen LogP contribution is -2.30. The van der Waals surface area contributed by atoms with Crippen LogP contribution in [0.15, 0.2) is 70.2 Å². The summed E-state index contributed by atoms with van der Waals surface area (Å²) in [6, 6.07) is 18.8. The van der Waals surface area contributed by atoms with Gasteiger partial charge in [-0.25, -0.2) is 0 Å². The third-order valence-electron chi connectivity index (χ3n) is 6.55. The molecule has 0 N–H and O–H groups in total. The van der Waals surface area contributed by atoms with Crippen molar-refractivity contribution >= 4 is 44.6 Å². The van der Waals surface area contributed by atoms with Gasteiger partial charge in [0.15, 0.2) is 0 Å². The number of hydrogen-bond donors (Lipinski definition) is 0. The second-order valence-electron chi connectivity index (χ2n) is 11.8. The summed E-state index contributed by atoms with van der Waals surface area (Å²) in [5, 5.41) is 1.13. The van der Waals surface area contributed by atoms with Crippen molar-refractivity contribution in [2.24, 2.45) is 5.41 Å². The molecule has 0 bridgehead atoms. The summed E-state index contributed by atoms with van der Waals surface area (Å²) in [6.07, 6.45) is 2.42. The highest BCUT2D eigenvalue weighted by Gasteiger charge is 2.34. The van der Waals surface area contributed by atoms with Crippen LogP contribution in [0.3, 0.4) is 0 Å². The highest BCUT2D eigenvalue weighted by Crippen LogP contribution is 2.44. The Balaban J connectivity index is 1.83. The number of carbonyl (C=O) groups excluding carboxylic acids is 1. The number of halogens is 1. The number of pyridine rings is 1. The van der Waals surface area contributed by atoms with Gasteiger partial charge in [-0.3, -0.25) is 9.78 Å². The number of rotatable bonds is 10. The van der Waals surface area contributed by atoms with E-state index in [0.717, 1.165) is 38.1 Å². The Bertz CT molecular complexity index is 1470. The maximum Gasteiger partial charge on any atom is 0.311 e. The minimum Gasteiger partial charge on any atom is -0.487 e. The highest BCUT2D eigenvalue weighted by atomic mass is 79.9. The molecule has 0 radical (unpaired) electrons. The van der Waals surface area contributed by atoms with E-state index in [1.807, 2.05) is 63.9 Å². The Labute approximate surface area is 250 Å². The number of ether oxygens (including phenoxy) is 2. The average Bonchev–Trinajstić information content (AvgIpc) is 3.15. The Kier molecular flexibility index (Phi) is 9.36. The summed E-state index contributed by atoms with van der Waals surface area (Å²) in [4.78, 5) is 18.7. The molecule has 0 atom stereocenters. The predicted molar refractivity (Wildman–Crippen MR) is 168 cm³/mol. The molecule has 0 saturated carbocycles. The van der Waals surface area contributed by atoms with E-state index in [1.54, 1.807) is 0 Å². The van der Waals surface area contributed by atoms with Crippen molar-refractivity contribution in [1.82, 2.24) is 9.55 Å². The van der Waals surface area contributed by atoms with Gasteiger partial charge in [-0.1, -0.05) is 54.9 Å². The van der Waals surface area contributed by atoms with Crippen molar-refractivity contribution in [2.45, 2.75) is 77.7 Å². The van der Waals surface area contributed by atoms with E-state index in [9.17, 15) is 4.79 Å². The molecular formula is C33H39BrN2O3S. The molecule has 0 spiro atoms. The quantitative estimate of drug-likeness (QED) is 0.131. The number of carbonyl (C=O) groups is 1. The lowest BCUT2D eigenvalue weighted by molar-refractivity contribution is -0.153. The van der Waals surface area contributed by atoms with Gasteiger partial charge in [0.2, 0.25) is 0 Å². The van der Waals surface area contributed by atoms with E-state index in [0.29, 0.717) is 26.2 Å². The molecular weight excluding hydrogens is 584 g/mol. The molecule has 212 valence electrons. The first-order chi connectivity index (χ1) is 18.9. The van der Waals surface area contributed by atoms with E-state index >= 15 is 0 Å². The normalized spacial score (nSPS) is 12.1. The van der Waals surface area contributed by atoms with Gasteiger partial charge >= 0.3 is 5.97 Å². The molecule has 0 aliphatic heterocycles. The predicted octanol–water partition coefficient (Wildman–Crippen LogP) is 8.76. The zero-order chi connectivity index (χ0) is 29.1. The lowest BCUT2D eigenvalue weighted by atomic mass is 9.87. The van der Waals surface area contributed by atoms with Crippen molar-refractivity contribution in [2.75, 3.05) is 6.61 Å². The molecule has 0 unspecified atom stereocenters. The average molecular weight is 624 g/mol. The Hall–Kier alpha value is -2.77. The Morgan fingerprint density at radius 3 is 2.38 bits per heavy atom. The van der Waals surface area contributed by atoms with Crippen LogP contribution in [0.2, 0.25) is 0 Å². The van der Waals surface area contributed by atoms with Crippen LogP contribution in [0.25, 0.3) is 10.9 Å². The fourth-order valence-corrected chi connectivity index (χ4v) is 6.00. The van der Waals surface area contributed by atoms with E-state index in [-0.39, 0.29) is 10.7 Å². The maximum absolute atomic E-state index is 13.0. The molecule has 2 heterocycles. The third-order valence-corrected chi connectivity index (χ3v) is 8.35. The summed E-state index contributed by atoms with van der Waals surface area (Å²) in [6.45, 7) is 15.9. The van der Waals surface area contributed by atoms with E-state index < -0.39 is 5.41 Å². The third kappa shape index (κ3) is 7.49. The minimum absolute atomic E-state index is 0.0395. The van der Waals surface area contributed by atoms with E-state index in [4.69, 9.17) is 9.47 Å². The Morgan fingerprint density at radius 1 is 1.02 bits per heavy atom. The van der Waals surface area contributed by atoms with Crippen molar-refractivity contribution in [1.29, 1.82) is 0 Å². The van der Waals surface area contributed by atoms with Gasteiger partial charge < -0.3 is 14.0 Å². The molecule has 2 aromatic heterocycles. The minimum atomic E-state index is -0.689. The molecule has 0 aliphatic carbocycles. The first kappa shape index (κ1) is 30.2. The van der Waals surface area contributed by atoms with E-state index in [1.165, 1.54) is 10.5 Å². The van der Waals surface area contributed by atoms with Gasteiger partial charge in [-0.05, 0) is 75.2 Å². The molecule has 4 aromatic rings. The van der Waals surface area contributed by atoms with Gasteiger partial charge in [-0.15, -0.1) is 11.8 Å². The summed E-state index contributed by atoms with van der Waals surface area (Å²) in [5.74, 6) is 0.611. The van der Waals surface area contributed by atoms with Crippen LogP contribution in [0.4, 0.5) is 0 Å². The molecule has 0 fully saturated rings. The van der Waals surface area contributed by atoms with Crippen LogP contribution in [-0.2, 0) is 29.1 Å². The zero-order valence-electron chi connectivity index (χ0n) is 24.5. The molecule has 0 amide bonds. The number of aryl methyl sites for hydroxylation is 1. The topological polar surface area (TPSA) is 53.4 Å². The van der Waals surface area contributed by atoms with Crippen LogP contribution in [0, 0.1) is 12.3 Å². The first-order valence-electron chi connectivity index (χ1n) is 13.7. The van der Waals surface area contributed by atoms with Crippen molar-refractivity contribution in [3.8, 4) is 5.75 Å². The van der Waals surface area contributed by atoms with Crippen molar-refractivity contribution in [3.05, 3.63) is 87.8 Å². The maximum atomic E-state index is 13.0. The van der Waals surface area contributed by atoms with E-state index in [2.05, 4.69) is 82.7 Å². The molecule has 40 heavy (non-hydrogen) atoms. The lowest BCUT2D eigenvalue weighted by Gasteiger charge is -2.26. The molecule has 5 nitrogen and oxygen atoms in total.